The molecule has 1 atom stereocenters. The van der Waals surface area contributed by atoms with Crippen LogP contribution >= 0.6 is 15.9 Å². The zero-order valence-corrected chi connectivity index (χ0v) is 17.9. The summed E-state index contributed by atoms with van der Waals surface area (Å²) in [7, 11) is 0. The second kappa shape index (κ2) is 7.63. The molecule has 2 heterocycles. The highest BCUT2D eigenvalue weighted by molar-refractivity contribution is 9.10. The monoisotopic (exact) mass is 455 g/mol. The van der Waals surface area contributed by atoms with E-state index in [0.29, 0.717) is 29.7 Å². The molecule has 6 nitrogen and oxygen atoms in total. The standard InChI is InChI=1S/C22H22BrN3O3/c1-22(2)11-18(19-24-17-9-8-15(23)10-16(17)20(27)25-19)26(13-22)21(28)29-12-14-6-4-3-5-7-14/h3-10,18H,11-13H2,1-2H3,(H,24,25,27)/t18-/m0/s1. The quantitative estimate of drug-likeness (QED) is 0.615. The van der Waals surface area contributed by atoms with Crippen molar-refractivity contribution in [3.05, 3.63) is 74.7 Å². The Morgan fingerprint density at radius 2 is 2.03 bits per heavy atom. The number of hydrogen-bond donors (Lipinski definition) is 1. The van der Waals surface area contributed by atoms with Crippen LogP contribution < -0.4 is 5.56 Å². The number of carbonyl (C=O) groups is 1. The zero-order valence-electron chi connectivity index (χ0n) is 16.3. The summed E-state index contributed by atoms with van der Waals surface area (Å²) >= 11 is 3.38. The molecule has 1 aromatic heterocycles. The van der Waals surface area contributed by atoms with Gasteiger partial charge in [0, 0.05) is 11.0 Å². The molecule has 0 radical (unpaired) electrons. The van der Waals surface area contributed by atoms with Crippen molar-refractivity contribution >= 4 is 32.9 Å². The van der Waals surface area contributed by atoms with Crippen LogP contribution in [0, 0.1) is 5.41 Å². The molecule has 4 rings (SSSR count). The van der Waals surface area contributed by atoms with Crippen molar-refractivity contribution < 1.29 is 9.53 Å². The van der Waals surface area contributed by atoms with Gasteiger partial charge in [-0.05, 0) is 35.6 Å². The van der Waals surface area contributed by atoms with Gasteiger partial charge < -0.3 is 9.72 Å². The maximum Gasteiger partial charge on any atom is 0.410 e. The van der Waals surface area contributed by atoms with E-state index in [1.54, 1.807) is 17.0 Å². The van der Waals surface area contributed by atoms with E-state index >= 15 is 0 Å². The second-order valence-electron chi connectivity index (χ2n) is 8.16. The Kier molecular flexibility index (Phi) is 5.17. The number of nitrogens with zero attached hydrogens (tertiary/aromatic N) is 2. The van der Waals surface area contributed by atoms with E-state index in [2.05, 4.69) is 39.7 Å². The third kappa shape index (κ3) is 4.19. The van der Waals surface area contributed by atoms with Crippen LogP contribution in [-0.4, -0.2) is 27.5 Å². The molecule has 0 saturated carbocycles. The minimum absolute atomic E-state index is 0.107. The van der Waals surface area contributed by atoms with E-state index in [1.807, 2.05) is 36.4 Å². The number of aromatic amines is 1. The van der Waals surface area contributed by atoms with Crippen LogP contribution in [0.2, 0.25) is 0 Å². The smallest absolute Gasteiger partial charge is 0.410 e. The number of benzene rings is 2. The van der Waals surface area contributed by atoms with Crippen LogP contribution in [0.15, 0.2) is 57.8 Å². The molecule has 0 unspecified atom stereocenters. The number of carbonyl (C=O) groups excluding carboxylic acids is 1. The lowest BCUT2D eigenvalue weighted by molar-refractivity contribution is 0.0888. The van der Waals surface area contributed by atoms with Crippen LogP contribution in [0.1, 0.15) is 37.7 Å². The van der Waals surface area contributed by atoms with E-state index < -0.39 is 6.09 Å². The average Bonchev–Trinajstić information content (AvgIpc) is 3.03. The highest BCUT2D eigenvalue weighted by Gasteiger charge is 2.43. The van der Waals surface area contributed by atoms with Crippen molar-refractivity contribution in [2.75, 3.05) is 6.54 Å². The SMILES string of the molecule is CC1(C)C[C@@H](c2nc3ccc(Br)cc3c(=O)[nH]2)N(C(=O)OCc2ccccc2)C1. The van der Waals surface area contributed by atoms with Gasteiger partial charge in [0.05, 0.1) is 16.9 Å². The number of nitrogens with one attached hydrogen (secondary N) is 1. The normalized spacial score (nSPS) is 18.2. The van der Waals surface area contributed by atoms with Crippen molar-refractivity contribution in [2.24, 2.45) is 5.41 Å². The molecule has 7 heteroatoms. The summed E-state index contributed by atoms with van der Waals surface area (Å²) in [6.07, 6.45) is 0.293. The summed E-state index contributed by atoms with van der Waals surface area (Å²) in [5, 5.41) is 0.513. The molecule has 29 heavy (non-hydrogen) atoms. The first-order valence-electron chi connectivity index (χ1n) is 9.49. The molecular formula is C22H22BrN3O3. The Bertz CT molecular complexity index is 1110. The number of likely N-dealkylation sites (tertiary alicyclic amines) is 1. The van der Waals surface area contributed by atoms with Gasteiger partial charge in [0.2, 0.25) is 0 Å². The predicted molar refractivity (Wildman–Crippen MR) is 115 cm³/mol. The van der Waals surface area contributed by atoms with Gasteiger partial charge in [-0.25, -0.2) is 9.78 Å². The first-order chi connectivity index (χ1) is 13.8. The lowest BCUT2D eigenvalue weighted by atomic mass is 9.90. The zero-order chi connectivity index (χ0) is 20.6. The van der Waals surface area contributed by atoms with Crippen LogP contribution in [0.3, 0.4) is 0 Å². The molecule has 0 bridgehead atoms. The molecule has 150 valence electrons. The molecule has 1 fully saturated rings. The number of rotatable bonds is 3. The third-order valence-electron chi connectivity index (χ3n) is 5.16. The largest absolute Gasteiger partial charge is 0.445 e. The number of halogens is 1. The lowest BCUT2D eigenvalue weighted by Crippen LogP contribution is -2.34. The summed E-state index contributed by atoms with van der Waals surface area (Å²) in [5.74, 6) is 0.493. The molecule has 1 saturated heterocycles. The highest BCUT2D eigenvalue weighted by atomic mass is 79.9. The Labute approximate surface area is 177 Å². The molecule has 1 aliphatic heterocycles. The molecule has 1 amide bonds. The number of amides is 1. The van der Waals surface area contributed by atoms with E-state index in [9.17, 15) is 9.59 Å². The van der Waals surface area contributed by atoms with Gasteiger partial charge in [-0.2, -0.15) is 0 Å². The number of H-pyrrole nitrogens is 1. The predicted octanol–water partition coefficient (Wildman–Crippen LogP) is 4.80. The lowest BCUT2D eigenvalue weighted by Gasteiger charge is -2.23. The van der Waals surface area contributed by atoms with Crippen LogP contribution in [0.25, 0.3) is 10.9 Å². The first-order valence-corrected chi connectivity index (χ1v) is 10.3. The van der Waals surface area contributed by atoms with E-state index in [0.717, 1.165) is 10.0 Å². The fourth-order valence-electron chi connectivity index (χ4n) is 3.79. The number of ether oxygens (including phenoxy) is 1. The molecule has 0 spiro atoms. The van der Waals surface area contributed by atoms with Crippen LogP contribution in [0.5, 0.6) is 0 Å². The fourth-order valence-corrected chi connectivity index (χ4v) is 4.16. The Morgan fingerprint density at radius 1 is 1.28 bits per heavy atom. The highest BCUT2D eigenvalue weighted by Crippen LogP contribution is 2.42. The average molecular weight is 456 g/mol. The molecule has 1 aliphatic rings. The van der Waals surface area contributed by atoms with Crippen molar-refractivity contribution in [2.45, 2.75) is 32.9 Å². The minimum Gasteiger partial charge on any atom is -0.445 e. The molecule has 1 N–H and O–H groups in total. The van der Waals surface area contributed by atoms with E-state index in [-0.39, 0.29) is 23.6 Å². The van der Waals surface area contributed by atoms with Crippen molar-refractivity contribution in [3.8, 4) is 0 Å². The van der Waals surface area contributed by atoms with Gasteiger partial charge in [0.25, 0.3) is 5.56 Å². The third-order valence-corrected chi connectivity index (χ3v) is 5.65. The summed E-state index contributed by atoms with van der Waals surface area (Å²) in [6.45, 7) is 4.94. The molecular weight excluding hydrogens is 434 g/mol. The Hall–Kier alpha value is -2.67. The Balaban J connectivity index is 1.62. The summed E-state index contributed by atoms with van der Waals surface area (Å²) < 4.78 is 6.37. The van der Waals surface area contributed by atoms with Crippen molar-refractivity contribution in [1.29, 1.82) is 0 Å². The van der Waals surface area contributed by atoms with Gasteiger partial charge in [0.1, 0.15) is 12.4 Å². The van der Waals surface area contributed by atoms with Gasteiger partial charge >= 0.3 is 6.09 Å². The van der Waals surface area contributed by atoms with E-state index in [4.69, 9.17) is 4.74 Å². The fraction of sp³-hybridized carbons (Fsp3) is 0.318. The van der Waals surface area contributed by atoms with Gasteiger partial charge in [-0.15, -0.1) is 0 Å². The van der Waals surface area contributed by atoms with Crippen LogP contribution in [0.4, 0.5) is 4.79 Å². The number of hydrogen-bond acceptors (Lipinski definition) is 4. The van der Waals surface area contributed by atoms with Gasteiger partial charge in [-0.3, -0.25) is 9.69 Å². The topological polar surface area (TPSA) is 75.3 Å². The number of aromatic nitrogens is 2. The first kappa shape index (κ1) is 19.6. The molecule has 2 aromatic carbocycles. The minimum atomic E-state index is -0.400. The Morgan fingerprint density at radius 3 is 2.79 bits per heavy atom. The second-order valence-corrected chi connectivity index (χ2v) is 9.08. The number of fused-ring (bicyclic) bond motifs is 1. The summed E-state index contributed by atoms with van der Waals surface area (Å²) in [6, 6.07) is 14.6. The maximum absolute atomic E-state index is 12.9. The molecule has 3 aromatic rings. The maximum atomic E-state index is 12.9. The summed E-state index contributed by atoms with van der Waals surface area (Å²) in [4.78, 5) is 34.7. The van der Waals surface area contributed by atoms with Gasteiger partial charge in [-0.1, -0.05) is 60.1 Å². The van der Waals surface area contributed by atoms with Crippen LogP contribution in [-0.2, 0) is 11.3 Å². The molecule has 0 aliphatic carbocycles. The van der Waals surface area contributed by atoms with E-state index in [1.165, 1.54) is 0 Å². The summed E-state index contributed by atoms with van der Waals surface area (Å²) in [5.41, 5.74) is 1.21. The van der Waals surface area contributed by atoms with Crippen molar-refractivity contribution in [3.63, 3.8) is 0 Å². The van der Waals surface area contributed by atoms with Gasteiger partial charge in [0.15, 0.2) is 0 Å². The van der Waals surface area contributed by atoms with Crippen molar-refractivity contribution in [1.82, 2.24) is 14.9 Å².